The van der Waals surface area contributed by atoms with Gasteiger partial charge in [-0.25, -0.2) is 0 Å². The van der Waals surface area contributed by atoms with Crippen molar-refractivity contribution in [3.63, 3.8) is 0 Å². The molecule has 1 aromatic heterocycles. The van der Waals surface area contributed by atoms with Crippen LogP contribution in [0.1, 0.15) is 6.92 Å². The Morgan fingerprint density at radius 1 is 1.40 bits per heavy atom. The molecule has 15 heavy (non-hydrogen) atoms. The summed E-state index contributed by atoms with van der Waals surface area (Å²) in [6.07, 6.45) is 2.01. The Morgan fingerprint density at radius 3 is 2.87 bits per heavy atom. The second-order valence-corrected chi connectivity index (χ2v) is 3.67. The first-order valence-electron chi connectivity index (χ1n) is 4.92. The number of aromatic nitrogens is 1. The zero-order chi connectivity index (χ0) is 10.8. The normalized spacial score (nSPS) is 12.3. The summed E-state index contributed by atoms with van der Waals surface area (Å²) in [5.74, 6) is 0. The van der Waals surface area contributed by atoms with E-state index in [4.69, 9.17) is 5.26 Å². The number of rotatable bonds is 2. The standard InChI is InChI=1S/C12H13N3/c1-9(7-13)14-11-8-15(2)12-6-4-3-5-10(11)12/h3-6,8-9,14H,1-2H3. The number of para-hydroxylation sites is 1. The molecular weight excluding hydrogens is 186 g/mol. The summed E-state index contributed by atoms with van der Waals surface area (Å²) in [4.78, 5) is 0. The highest BCUT2D eigenvalue weighted by atomic mass is 15.0. The van der Waals surface area contributed by atoms with Gasteiger partial charge in [0, 0.05) is 24.1 Å². The number of fused-ring (bicyclic) bond motifs is 1. The van der Waals surface area contributed by atoms with E-state index >= 15 is 0 Å². The van der Waals surface area contributed by atoms with Crippen LogP contribution in [0.3, 0.4) is 0 Å². The van der Waals surface area contributed by atoms with Gasteiger partial charge in [0.25, 0.3) is 0 Å². The molecule has 2 aromatic rings. The van der Waals surface area contributed by atoms with Crippen molar-refractivity contribution in [1.82, 2.24) is 4.57 Å². The molecular formula is C12H13N3. The average Bonchev–Trinajstić information content (AvgIpc) is 2.57. The Bertz CT molecular complexity index is 519. The fraction of sp³-hybridized carbons (Fsp3) is 0.250. The van der Waals surface area contributed by atoms with Crippen molar-refractivity contribution >= 4 is 16.6 Å². The summed E-state index contributed by atoms with van der Waals surface area (Å²) in [5.41, 5.74) is 2.19. The minimum absolute atomic E-state index is 0.171. The Labute approximate surface area is 88.9 Å². The number of aryl methyl sites for hydroxylation is 1. The largest absolute Gasteiger partial charge is 0.368 e. The van der Waals surface area contributed by atoms with Crippen molar-refractivity contribution in [2.45, 2.75) is 13.0 Å². The molecule has 0 fully saturated rings. The van der Waals surface area contributed by atoms with Gasteiger partial charge in [-0.1, -0.05) is 18.2 Å². The quantitative estimate of drug-likeness (QED) is 0.807. The van der Waals surface area contributed by atoms with Crippen LogP contribution in [-0.4, -0.2) is 10.6 Å². The SMILES string of the molecule is CC(C#N)Nc1cn(C)c2ccccc12. The highest BCUT2D eigenvalue weighted by Crippen LogP contribution is 2.25. The third-order valence-electron chi connectivity index (χ3n) is 2.46. The van der Waals surface area contributed by atoms with Gasteiger partial charge in [0.1, 0.15) is 6.04 Å². The maximum atomic E-state index is 8.76. The van der Waals surface area contributed by atoms with E-state index in [0.717, 1.165) is 11.1 Å². The average molecular weight is 199 g/mol. The van der Waals surface area contributed by atoms with Gasteiger partial charge in [0.05, 0.1) is 11.8 Å². The molecule has 1 atom stereocenters. The molecule has 0 radical (unpaired) electrons. The molecule has 0 amide bonds. The lowest BCUT2D eigenvalue weighted by atomic mass is 10.2. The number of hydrogen-bond acceptors (Lipinski definition) is 2. The number of anilines is 1. The van der Waals surface area contributed by atoms with E-state index < -0.39 is 0 Å². The number of nitriles is 1. The molecule has 0 spiro atoms. The van der Waals surface area contributed by atoms with Crippen LogP contribution in [0.4, 0.5) is 5.69 Å². The molecule has 2 rings (SSSR count). The summed E-state index contributed by atoms with van der Waals surface area (Å²) in [7, 11) is 2.00. The molecule has 0 aliphatic carbocycles. The minimum atomic E-state index is -0.171. The second kappa shape index (κ2) is 3.66. The Kier molecular flexibility index (Phi) is 2.34. The van der Waals surface area contributed by atoms with Crippen LogP contribution < -0.4 is 5.32 Å². The van der Waals surface area contributed by atoms with Gasteiger partial charge in [-0.15, -0.1) is 0 Å². The zero-order valence-corrected chi connectivity index (χ0v) is 8.86. The molecule has 76 valence electrons. The molecule has 0 saturated carbocycles. The molecule has 0 aliphatic heterocycles. The van der Waals surface area contributed by atoms with Gasteiger partial charge in [0.2, 0.25) is 0 Å². The van der Waals surface area contributed by atoms with E-state index in [9.17, 15) is 0 Å². The van der Waals surface area contributed by atoms with E-state index in [1.165, 1.54) is 5.52 Å². The zero-order valence-electron chi connectivity index (χ0n) is 8.86. The molecule has 1 unspecified atom stereocenters. The molecule has 0 aliphatic rings. The molecule has 1 aromatic carbocycles. The van der Waals surface area contributed by atoms with Crippen molar-refractivity contribution < 1.29 is 0 Å². The van der Waals surface area contributed by atoms with Gasteiger partial charge in [-0.3, -0.25) is 0 Å². The predicted molar refractivity (Wildman–Crippen MR) is 61.6 cm³/mol. The van der Waals surface area contributed by atoms with Crippen LogP contribution in [0.25, 0.3) is 10.9 Å². The van der Waals surface area contributed by atoms with Crippen molar-refractivity contribution in [2.24, 2.45) is 7.05 Å². The maximum absolute atomic E-state index is 8.76. The van der Waals surface area contributed by atoms with Crippen LogP contribution in [-0.2, 0) is 7.05 Å². The van der Waals surface area contributed by atoms with E-state index in [-0.39, 0.29) is 6.04 Å². The third-order valence-corrected chi connectivity index (χ3v) is 2.46. The molecule has 3 heteroatoms. The molecule has 1 N–H and O–H groups in total. The maximum Gasteiger partial charge on any atom is 0.111 e. The van der Waals surface area contributed by atoms with Gasteiger partial charge in [0.15, 0.2) is 0 Å². The first-order chi connectivity index (χ1) is 7.22. The van der Waals surface area contributed by atoms with Crippen molar-refractivity contribution in [3.8, 4) is 6.07 Å². The lowest BCUT2D eigenvalue weighted by molar-refractivity contribution is 0.959. The van der Waals surface area contributed by atoms with Gasteiger partial charge in [-0.2, -0.15) is 5.26 Å². The summed E-state index contributed by atoms with van der Waals surface area (Å²) in [5, 5.41) is 13.1. The lowest BCUT2D eigenvalue weighted by Crippen LogP contribution is -2.11. The fourth-order valence-electron chi connectivity index (χ4n) is 1.72. The first-order valence-corrected chi connectivity index (χ1v) is 4.92. The lowest BCUT2D eigenvalue weighted by Gasteiger charge is -2.05. The molecule has 1 heterocycles. The minimum Gasteiger partial charge on any atom is -0.368 e. The number of nitrogens with one attached hydrogen (secondary N) is 1. The van der Waals surface area contributed by atoms with Crippen LogP contribution in [0.2, 0.25) is 0 Å². The first kappa shape index (κ1) is 9.60. The molecule has 0 saturated heterocycles. The fourth-order valence-corrected chi connectivity index (χ4v) is 1.72. The summed E-state index contributed by atoms with van der Waals surface area (Å²) >= 11 is 0. The van der Waals surface area contributed by atoms with E-state index in [1.807, 2.05) is 32.3 Å². The van der Waals surface area contributed by atoms with Crippen LogP contribution >= 0.6 is 0 Å². The summed E-state index contributed by atoms with van der Waals surface area (Å²) in [6, 6.07) is 10.1. The number of benzene rings is 1. The Balaban J connectivity index is 2.49. The number of hydrogen-bond donors (Lipinski definition) is 1. The van der Waals surface area contributed by atoms with Crippen molar-refractivity contribution in [2.75, 3.05) is 5.32 Å². The topological polar surface area (TPSA) is 40.8 Å². The van der Waals surface area contributed by atoms with Gasteiger partial charge < -0.3 is 9.88 Å². The summed E-state index contributed by atoms with van der Waals surface area (Å²) in [6.45, 7) is 1.85. The second-order valence-electron chi connectivity index (χ2n) is 3.67. The predicted octanol–water partition coefficient (Wildman–Crippen LogP) is 2.50. The van der Waals surface area contributed by atoms with E-state index in [1.54, 1.807) is 0 Å². The van der Waals surface area contributed by atoms with Crippen molar-refractivity contribution in [1.29, 1.82) is 5.26 Å². The van der Waals surface area contributed by atoms with E-state index in [2.05, 4.69) is 28.1 Å². The Morgan fingerprint density at radius 2 is 2.13 bits per heavy atom. The molecule has 3 nitrogen and oxygen atoms in total. The van der Waals surface area contributed by atoms with Gasteiger partial charge >= 0.3 is 0 Å². The molecule has 0 bridgehead atoms. The van der Waals surface area contributed by atoms with Crippen molar-refractivity contribution in [3.05, 3.63) is 30.5 Å². The highest BCUT2D eigenvalue weighted by Gasteiger charge is 2.07. The monoisotopic (exact) mass is 199 g/mol. The highest BCUT2D eigenvalue weighted by molar-refractivity contribution is 5.93. The third kappa shape index (κ3) is 1.66. The van der Waals surface area contributed by atoms with Gasteiger partial charge in [-0.05, 0) is 13.0 Å². The summed E-state index contributed by atoms with van der Waals surface area (Å²) < 4.78 is 2.06. The van der Waals surface area contributed by atoms with Crippen LogP contribution in [0, 0.1) is 11.3 Å². The van der Waals surface area contributed by atoms with E-state index in [0.29, 0.717) is 0 Å². The van der Waals surface area contributed by atoms with Crippen LogP contribution in [0.15, 0.2) is 30.5 Å². The smallest absolute Gasteiger partial charge is 0.111 e. The number of nitrogens with zero attached hydrogens (tertiary/aromatic N) is 2. The Hall–Kier alpha value is -1.95. The van der Waals surface area contributed by atoms with Crippen LogP contribution in [0.5, 0.6) is 0 Å².